The van der Waals surface area contributed by atoms with Crippen LogP contribution in [0.4, 0.5) is 11.4 Å². The summed E-state index contributed by atoms with van der Waals surface area (Å²) in [5.74, 6) is -1.03. The fourth-order valence-corrected chi connectivity index (χ4v) is 4.03. The van der Waals surface area contributed by atoms with Crippen LogP contribution in [0, 0.1) is 0 Å². The van der Waals surface area contributed by atoms with E-state index in [0.717, 1.165) is 22.5 Å². The van der Waals surface area contributed by atoms with Crippen molar-refractivity contribution in [3.8, 4) is 0 Å². The second kappa shape index (κ2) is 10.3. The first kappa shape index (κ1) is 22.6. The Hall–Kier alpha value is -3.64. The average molecular weight is 462 g/mol. The van der Waals surface area contributed by atoms with E-state index in [4.69, 9.17) is 21.7 Å². The van der Waals surface area contributed by atoms with Gasteiger partial charge in [0.25, 0.3) is 5.91 Å². The zero-order valence-corrected chi connectivity index (χ0v) is 18.7. The molecule has 0 saturated carbocycles. The zero-order valence-electron chi connectivity index (χ0n) is 17.9. The summed E-state index contributed by atoms with van der Waals surface area (Å²) >= 11 is 6.01. The topological polar surface area (TPSA) is 90.8 Å². The summed E-state index contributed by atoms with van der Waals surface area (Å²) in [5, 5.41) is 16.1. The first-order valence-corrected chi connectivity index (χ1v) is 11.1. The number of halogens is 1. The van der Waals surface area contributed by atoms with Crippen molar-refractivity contribution in [3.05, 3.63) is 94.5 Å². The van der Waals surface area contributed by atoms with Gasteiger partial charge < -0.3 is 15.7 Å². The summed E-state index contributed by atoms with van der Waals surface area (Å²) in [6, 6.07) is 22.5. The number of carboxylic acid groups (broad SMARTS) is 1. The number of hydrogen-bond donors (Lipinski definition) is 3. The van der Waals surface area contributed by atoms with Crippen molar-refractivity contribution in [2.45, 2.75) is 31.8 Å². The van der Waals surface area contributed by atoms with Crippen molar-refractivity contribution in [1.29, 1.82) is 0 Å². The van der Waals surface area contributed by atoms with E-state index in [1.165, 1.54) is 0 Å². The highest BCUT2D eigenvalue weighted by Gasteiger charge is 2.24. The van der Waals surface area contributed by atoms with Crippen LogP contribution >= 0.6 is 11.6 Å². The summed E-state index contributed by atoms with van der Waals surface area (Å²) in [4.78, 5) is 28.5. The standard InChI is InChI=1S/C26H24ClN3O3/c27-20-9-4-6-17(14-20)16-28-26(33)19-12-13-21-23(15-19)29-22(10-5-11-24(31)32)25(30-21)18-7-2-1-3-8-18/h1-4,6-9,12-15,25,30H,5,10-11,16H2,(H,28,33)(H,31,32). The van der Waals surface area contributed by atoms with Gasteiger partial charge in [-0.15, -0.1) is 0 Å². The van der Waals surface area contributed by atoms with Crippen LogP contribution in [-0.2, 0) is 11.3 Å². The summed E-state index contributed by atoms with van der Waals surface area (Å²) in [6.07, 6.45) is 1.12. The van der Waals surface area contributed by atoms with Gasteiger partial charge in [0.1, 0.15) is 0 Å². The maximum atomic E-state index is 12.7. The molecule has 1 aliphatic rings. The minimum atomic E-state index is -0.824. The lowest BCUT2D eigenvalue weighted by molar-refractivity contribution is -0.137. The summed E-state index contributed by atoms with van der Waals surface area (Å²) < 4.78 is 0. The monoisotopic (exact) mass is 461 g/mol. The summed E-state index contributed by atoms with van der Waals surface area (Å²) in [5.41, 5.74) is 4.83. The van der Waals surface area contributed by atoms with Crippen LogP contribution in [0.5, 0.6) is 0 Å². The number of aliphatic imine (C=N–C) groups is 1. The Morgan fingerprint density at radius 3 is 2.61 bits per heavy atom. The molecule has 0 saturated heterocycles. The molecule has 0 fully saturated rings. The number of anilines is 1. The van der Waals surface area contributed by atoms with Crippen LogP contribution in [0.25, 0.3) is 0 Å². The fraction of sp³-hybridized carbons (Fsp3) is 0.192. The van der Waals surface area contributed by atoms with E-state index in [1.54, 1.807) is 18.2 Å². The molecule has 1 heterocycles. The number of benzene rings is 3. The molecule has 0 bridgehead atoms. The Balaban J connectivity index is 1.54. The van der Waals surface area contributed by atoms with Crippen molar-refractivity contribution in [2.24, 2.45) is 4.99 Å². The first-order chi connectivity index (χ1) is 16.0. The van der Waals surface area contributed by atoms with E-state index in [-0.39, 0.29) is 18.4 Å². The third kappa shape index (κ3) is 5.79. The molecular weight excluding hydrogens is 438 g/mol. The van der Waals surface area contributed by atoms with Crippen LogP contribution in [-0.4, -0.2) is 22.7 Å². The zero-order chi connectivity index (χ0) is 23.2. The van der Waals surface area contributed by atoms with Crippen molar-refractivity contribution < 1.29 is 14.7 Å². The third-order valence-electron chi connectivity index (χ3n) is 5.46. The molecule has 0 radical (unpaired) electrons. The number of carboxylic acids is 1. The second-order valence-corrected chi connectivity index (χ2v) is 8.32. The summed E-state index contributed by atoms with van der Waals surface area (Å²) in [7, 11) is 0. The molecule has 1 aliphatic heterocycles. The highest BCUT2D eigenvalue weighted by molar-refractivity contribution is 6.30. The fourth-order valence-electron chi connectivity index (χ4n) is 3.82. The Morgan fingerprint density at radius 2 is 1.85 bits per heavy atom. The van der Waals surface area contributed by atoms with Crippen LogP contribution < -0.4 is 10.6 Å². The van der Waals surface area contributed by atoms with E-state index >= 15 is 0 Å². The molecule has 3 N–H and O–H groups in total. The van der Waals surface area contributed by atoms with E-state index < -0.39 is 5.97 Å². The molecule has 1 atom stereocenters. The Kier molecular flexibility index (Phi) is 7.05. The number of fused-ring (bicyclic) bond motifs is 1. The molecule has 1 amide bonds. The van der Waals surface area contributed by atoms with Crippen LogP contribution in [0.3, 0.4) is 0 Å². The van der Waals surface area contributed by atoms with Gasteiger partial charge in [0, 0.05) is 29.3 Å². The van der Waals surface area contributed by atoms with E-state index in [9.17, 15) is 9.59 Å². The smallest absolute Gasteiger partial charge is 0.303 e. The highest BCUT2D eigenvalue weighted by atomic mass is 35.5. The lowest BCUT2D eigenvalue weighted by atomic mass is 9.95. The lowest BCUT2D eigenvalue weighted by Gasteiger charge is -2.28. The van der Waals surface area contributed by atoms with E-state index in [0.29, 0.717) is 35.7 Å². The van der Waals surface area contributed by atoms with Gasteiger partial charge in [-0.25, -0.2) is 0 Å². The molecule has 0 aromatic heterocycles. The molecule has 1 unspecified atom stereocenters. The number of aliphatic carboxylic acids is 1. The minimum absolute atomic E-state index is 0.0827. The molecule has 3 aromatic carbocycles. The van der Waals surface area contributed by atoms with Crippen molar-refractivity contribution >= 4 is 40.6 Å². The number of nitrogens with zero attached hydrogens (tertiary/aromatic N) is 1. The molecule has 33 heavy (non-hydrogen) atoms. The van der Waals surface area contributed by atoms with Gasteiger partial charge in [-0.05, 0) is 54.3 Å². The molecule has 3 aromatic rings. The van der Waals surface area contributed by atoms with Crippen LogP contribution in [0.15, 0.2) is 77.8 Å². The average Bonchev–Trinajstić information content (AvgIpc) is 2.82. The van der Waals surface area contributed by atoms with Gasteiger partial charge in [-0.2, -0.15) is 0 Å². The molecule has 6 nitrogen and oxygen atoms in total. The lowest BCUT2D eigenvalue weighted by Crippen LogP contribution is -2.25. The molecule has 7 heteroatoms. The predicted molar refractivity (Wildman–Crippen MR) is 130 cm³/mol. The van der Waals surface area contributed by atoms with E-state index in [1.807, 2.05) is 54.6 Å². The molecular formula is C26H24ClN3O3. The quantitative estimate of drug-likeness (QED) is 0.397. The maximum absolute atomic E-state index is 12.7. The largest absolute Gasteiger partial charge is 0.481 e. The summed E-state index contributed by atoms with van der Waals surface area (Å²) in [6.45, 7) is 0.370. The number of rotatable bonds is 8. The molecule has 0 aliphatic carbocycles. The van der Waals surface area contributed by atoms with Crippen LogP contribution in [0.1, 0.15) is 46.8 Å². The van der Waals surface area contributed by atoms with Crippen molar-refractivity contribution in [3.63, 3.8) is 0 Å². The Morgan fingerprint density at radius 1 is 1.03 bits per heavy atom. The van der Waals surface area contributed by atoms with Crippen LogP contribution in [0.2, 0.25) is 5.02 Å². The van der Waals surface area contributed by atoms with Crippen molar-refractivity contribution in [2.75, 3.05) is 5.32 Å². The van der Waals surface area contributed by atoms with Gasteiger partial charge in [0.2, 0.25) is 0 Å². The maximum Gasteiger partial charge on any atom is 0.303 e. The second-order valence-electron chi connectivity index (χ2n) is 7.88. The van der Waals surface area contributed by atoms with Gasteiger partial charge in [-0.3, -0.25) is 14.6 Å². The number of carbonyl (C=O) groups is 2. The first-order valence-electron chi connectivity index (χ1n) is 10.8. The SMILES string of the molecule is O=C(O)CCCC1=Nc2cc(C(=O)NCc3cccc(Cl)c3)ccc2NC1c1ccccc1. The van der Waals surface area contributed by atoms with Gasteiger partial charge >= 0.3 is 5.97 Å². The number of hydrogen-bond acceptors (Lipinski definition) is 4. The number of nitrogens with one attached hydrogen (secondary N) is 2. The van der Waals surface area contributed by atoms with Crippen molar-refractivity contribution in [1.82, 2.24) is 5.32 Å². The predicted octanol–water partition coefficient (Wildman–Crippen LogP) is 5.76. The minimum Gasteiger partial charge on any atom is -0.481 e. The molecule has 168 valence electrons. The van der Waals surface area contributed by atoms with Gasteiger partial charge in [-0.1, -0.05) is 54.1 Å². The molecule has 4 rings (SSSR count). The van der Waals surface area contributed by atoms with Gasteiger partial charge in [0.15, 0.2) is 0 Å². The van der Waals surface area contributed by atoms with E-state index in [2.05, 4.69) is 10.6 Å². The molecule has 0 spiro atoms. The Labute approximate surface area is 197 Å². The number of carbonyl (C=O) groups excluding carboxylic acids is 1. The Bertz CT molecular complexity index is 1190. The number of amides is 1. The van der Waals surface area contributed by atoms with Gasteiger partial charge in [0.05, 0.1) is 17.4 Å². The highest BCUT2D eigenvalue weighted by Crippen LogP contribution is 2.37. The third-order valence-corrected chi connectivity index (χ3v) is 5.69. The normalized spacial score (nSPS) is 14.6.